The highest BCUT2D eigenvalue weighted by Gasteiger charge is 2.38. The Morgan fingerprint density at radius 1 is 1.33 bits per heavy atom. The highest BCUT2D eigenvalue weighted by Crippen LogP contribution is 2.36. The van der Waals surface area contributed by atoms with E-state index in [-0.39, 0.29) is 40.6 Å². The summed E-state index contributed by atoms with van der Waals surface area (Å²) in [6, 6.07) is 4.33. The second-order valence-corrected chi connectivity index (χ2v) is 7.06. The summed E-state index contributed by atoms with van der Waals surface area (Å²) >= 11 is 0. The van der Waals surface area contributed by atoms with Crippen molar-refractivity contribution >= 4 is 23.1 Å². The summed E-state index contributed by atoms with van der Waals surface area (Å²) in [5.41, 5.74) is 4.83. The number of aromatic hydroxyl groups is 1. The number of fused-ring (bicyclic) bond motifs is 1. The molecule has 33 heavy (non-hydrogen) atoms. The summed E-state index contributed by atoms with van der Waals surface area (Å²) < 4.78 is 45.6. The molecule has 1 aromatic carbocycles. The van der Waals surface area contributed by atoms with Crippen LogP contribution in [0.15, 0.2) is 47.6 Å². The molecule has 4 rings (SSSR count). The Kier molecular flexibility index (Phi) is 5.64. The van der Waals surface area contributed by atoms with Gasteiger partial charge in [-0.3, -0.25) is 9.20 Å². The molecule has 0 aliphatic rings. The van der Waals surface area contributed by atoms with Crippen molar-refractivity contribution in [1.82, 2.24) is 24.4 Å². The first-order chi connectivity index (χ1) is 15.7. The average Bonchev–Trinajstić information content (AvgIpc) is 3.41. The summed E-state index contributed by atoms with van der Waals surface area (Å²) in [5.74, 6) is -0.437. The first-order valence-electron chi connectivity index (χ1n) is 9.60. The predicted molar refractivity (Wildman–Crippen MR) is 111 cm³/mol. The molecule has 0 atom stereocenters. The largest absolute Gasteiger partial charge is 0.507 e. The van der Waals surface area contributed by atoms with E-state index >= 15 is 0 Å². The first kappa shape index (κ1) is 22.1. The molecule has 172 valence electrons. The zero-order chi connectivity index (χ0) is 23.8. The fourth-order valence-electron chi connectivity index (χ4n) is 3.26. The molecule has 0 bridgehead atoms. The number of phenolic OH excluding ortho intramolecular Hbond substituents is 1. The molecule has 0 fully saturated rings. The van der Waals surface area contributed by atoms with E-state index < -0.39 is 17.8 Å². The van der Waals surface area contributed by atoms with Crippen LogP contribution >= 0.6 is 0 Å². The molecular formula is C20H18F3N7O3. The van der Waals surface area contributed by atoms with E-state index in [9.17, 15) is 23.1 Å². The number of halogens is 3. The van der Waals surface area contributed by atoms with Gasteiger partial charge in [0.1, 0.15) is 12.0 Å². The fourth-order valence-corrected chi connectivity index (χ4v) is 3.26. The summed E-state index contributed by atoms with van der Waals surface area (Å²) in [5, 5.41) is 16.3. The van der Waals surface area contributed by atoms with E-state index in [0.717, 1.165) is 6.26 Å². The van der Waals surface area contributed by atoms with Gasteiger partial charge in [0, 0.05) is 44.3 Å². The van der Waals surface area contributed by atoms with Gasteiger partial charge < -0.3 is 25.6 Å². The van der Waals surface area contributed by atoms with Crippen LogP contribution in [0.5, 0.6) is 5.75 Å². The van der Waals surface area contributed by atoms with Crippen LogP contribution < -0.4 is 11.1 Å². The van der Waals surface area contributed by atoms with E-state index in [2.05, 4.69) is 25.0 Å². The number of amides is 1. The topological polar surface area (TPSA) is 135 Å². The maximum Gasteiger partial charge on any atom is 0.437 e. The monoisotopic (exact) mass is 461 g/mol. The second-order valence-electron chi connectivity index (χ2n) is 7.06. The van der Waals surface area contributed by atoms with Gasteiger partial charge >= 0.3 is 6.18 Å². The summed E-state index contributed by atoms with van der Waals surface area (Å²) in [4.78, 5) is 22.1. The lowest BCUT2D eigenvalue weighted by Gasteiger charge is -2.17. The van der Waals surface area contributed by atoms with Crippen LogP contribution in [-0.2, 0) is 6.18 Å². The lowest BCUT2D eigenvalue weighted by Crippen LogP contribution is -2.31. The van der Waals surface area contributed by atoms with Gasteiger partial charge in [0.05, 0.1) is 23.0 Å². The van der Waals surface area contributed by atoms with Gasteiger partial charge in [0.15, 0.2) is 17.2 Å². The number of aromatic nitrogens is 4. The van der Waals surface area contributed by atoms with Gasteiger partial charge in [-0.15, -0.1) is 0 Å². The fraction of sp³-hybridized carbons (Fsp3) is 0.200. The number of hydrogen-bond acceptors (Lipinski definition) is 8. The van der Waals surface area contributed by atoms with Crippen molar-refractivity contribution < 1.29 is 27.6 Å². The summed E-state index contributed by atoms with van der Waals surface area (Å²) in [6.07, 6.45) is 0.268. The number of alkyl halides is 3. The minimum Gasteiger partial charge on any atom is -0.507 e. The molecule has 0 aliphatic heterocycles. The zero-order valence-electron chi connectivity index (χ0n) is 17.2. The number of imidazole rings is 1. The van der Waals surface area contributed by atoms with E-state index in [1.165, 1.54) is 40.0 Å². The van der Waals surface area contributed by atoms with Crippen LogP contribution in [0.2, 0.25) is 0 Å². The number of nitrogens with two attached hydrogens (primary N) is 1. The Morgan fingerprint density at radius 3 is 2.82 bits per heavy atom. The Hall–Kier alpha value is -4.13. The number of benzene rings is 1. The van der Waals surface area contributed by atoms with Crippen molar-refractivity contribution in [1.29, 1.82) is 0 Å². The highest BCUT2D eigenvalue weighted by molar-refractivity contribution is 5.97. The number of carbonyl (C=O) groups is 1. The number of carbonyl (C=O) groups excluding carboxylic acids is 1. The van der Waals surface area contributed by atoms with Crippen molar-refractivity contribution in [2.24, 2.45) is 5.73 Å². The molecule has 0 saturated carbocycles. The van der Waals surface area contributed by atoms with Crippen molar-refractivity contribution in [2.75, 3.05) is 25.5 Å². The lowest BCUT2D eigenvalue weighted by molar-refractivity contribution is -0.142. The van der Waals surface area contributed by atoms with Crippen LogP contribution in [0.25, 0.3) is 16.9 Å². The number of rotatable bonds is 6. The molecule has 10 nitrogen and oxygen atoms in total. The quantitative estimate of drug-likeness (QED) is 0.399. The van der Waals surface area contributed by atoms with Gasteiger partial charge in [0.25, 0.3) is 5.91 Å². The lowest BCUT2D eigenvalue weighted by atomic mass is 10.1. The van der Waals surface area contributed by atoms with Crippen molar-refractivity contribution in [3.8, 4) is 17.0 Å². The molecule has 0 spiro atoms. The average molecular weight is 461 g/mol. The van der Waals surface area contributed by atoms with Crippen molar-refractivity contribution in [3.63, 3.8) is 0 Å². The number of likely N-dealkylation sites (N-methyl/N-ethyl adjacent to an activating group) is 1. The Morgan fingerprint density at radius 2 is 2.12 bits per heavy atom. The Bertz CT molecular complexity index is 1320. The third-order valence-corrected chi connectivity index (χ3v) is 4.84. The molecule has 0 aliphatic carbocycles. The summed E-state index contributed by atoms with van der Waals surface area (Å²) in [6.45, 7) is 0.610. The smallest absolute Gasteiger partial charge is 0.437 e. The predicted octanol–water partition coefficient (Wildman–Crippen LogP) is 2.88. The van der Waals surface area contributed by atoms with E-state index in [0.29, 0.717) is 12.2 Å². The van der Waals surface area contributed by atoms with Crippen LogP contribution in [0.1, 0.15) is 16.1 Å². The molecule has 3 heterocycles. The van der Waals surface area contributed by atoms with Gasteiger partial charge in [-0.1, -0.05) is 5.16 Å². The molecule has 0 saturated heterocycles. The van der Waals surface area contributed by atoms with E-state index in [1.807, 2.05) is 0 Å². The number of phenols is 1. The molecular weight excluding hydrogens is 443 g/mol. The van der Waals surface area contributed by atoms with Gasteiger partial charge in [-0.2, -0.15) is 13.2 Å². The minimum atomic E-state index is -4.70. The first-order valence-corrected chi connectivity index (χ1v) is 9.60. The minimum absolute atomic E-state index is 0.0953. The Balaban J connectivity index is 1.66. The normalized spacial score (nSPS) is 11.7. The van der Waals surface area contributed by atoms with Crippen LogP contribution in [0, 0.1) is 0 Å². The highest BCUT2D eigenvalue weighted by atomic mass is 19.4. The number of nitrogens with one attached hydrogen (secondary N) is 1. The molecule has 13 heteroatoms. The van der Waals surface area contributed by atoms with Crippen molar-refractivity contribution in [2.45, 2.75) is 6.18 Å². The van der Waals surface area contributed by atoms with Crippen LogP contribution in [-0.4, -0.2) is 55.6 Å². The molecule has 4 aromatic rings. The molecule has 3 aromatic heterocycles. The standard InChI is InChI=1S/C20H18F3N7O3/c1-29(6-4-24)19(32)12-3-2-11(8-15(12)31)27-17-18-26-9-14(30(18)7-5-25-17)13-10-33-28-16(13)20(21,22)23/h2-3,5,7-10,31H,4,6,24H2,1H3,(H,25,27). The van der Waals surface area contributed by atoms with Crippen molar-refractivity contribution in [3.05, 3.63) is 54.3 Å². The third-order valence-electron chi connectivity index (χ3n) is 4.84. The number of anilines is 2. The molecule has 0 unspecified atom stereocenters. The zero-order valence-corrected chi connectivity index (χ0v) is 17.2. The second kappa shape index (κ2) is 8.43. The molecule has 4 N–H and O–H groups in total. The number of nitrogens with zero attached hydrogens (tertiary/aromatic N) is 5. The maximum atomic E-state index is 13.2. The molecule has 0 radical (unpaired) electrons. The Labute approximate surface area is 184 Å². The summed E-state index contributed by atoms with van der Waals surface area (Å²) in [7, 11) is 1.57. The maximum absolute atomic E-state index is 13.2. The van der Waals surface area contributed by atoms with E-state index in [4.69, 9.17) is 5.73 Å². The van der Waals surface area contributed by atoms with Crippen LogP contribution in [0.4, 0.5) is 24.7 Å². The van der Waals surface area contributed by atoms with Gasteiger partial charge in [0.2, 0.25) is 0 Å². The van der Waals surface area contributed by atoms with Gasteiger partial charge in [-0.05, 0) is 12.1 Å². The van der Waals surface area contributed by atoms with E-state index in [1.54, 1.807) is 13.1 Å². The third kappa shape index (κ3) is 4.17. The number of hydrogen-bond donors (Lipinski definition) is 3. The van der Waals surface area contributed by atoms with Crippen LogP contribution in [0.3, 0.4) is 0 Å². The van der Waals surface area contributed by atoms with Gasteiger partial charge in [-0.25, -0.2) is 9.97 Å². The SMILES string of the molecule is CN(CCN)C(=O)c1ccc(Nc2nccn3c(-c4conc4C(F)(F)F)cnc23)cc1O. The molecule has 1 amide bonds.